The molecule has 0 aromatic rings. The molecule has 2 fully saturated rings. The quantitative estimate of drug-likeness (QED) is 0.609. The minimum Gasteiger partial charge on any atom is -0.304 e. The summed E-state index contributed by atoms with van der Waals surface area (Å²) in [5.41, 5.74) is 0.496. The first-order valence-corrected chi connectivity index (χ1v) is 5.61. The van der Waals surface area contributed by atoms with E-state index >= 15 is 0 Å². The maximum absolute atomic E-state index is 4.09. The van der Waals surface area contributed by atoms with Gasteiger partial charge in [0.05, 0.1) is 0 Å². The number of likely N-dealkylation sites (N-methyl/N-ethyl adjacent to an activating group) is 1. The number of hydrogen-bond acceptors (Lipinski definition) is 3. The molecule has 3 heteroatoms. The molecule has 2 aliphatic heterocycles. The van der Waals surface area contributed by atoms with Crippen LogP contribution in [0, 0.1) is 0 Å². The molecular formula is C11H21N3. The summed E-state index contributed by atoms with van der Waals surface area (Å²) in [6.45, 7) is 4.83. The van der Waals surface area contributed by atoms with Crippen LogP contribution in [-0.4, -0.2) is 61.8 Å². The molecule has 3 nitrogen and oxygen atoms in total. The molecule has 0 aromatic carbocycles. The van der Waals surface area contributed by atoms with Crippen LogP contribution in [0.15, 0.2) is 4.99 Å². The van der Waals surface area contributed by atoms with Crippen LogP contribution in [0.2, 0.25) is 0 Å². The molecule has 0 radical (unpaired) electrons. The third-order valence-corrected chi connectivity index (χ3v) is 3.75. The zero-order chi connectivity index (χ0) is 10.0. The number of nitrogens with zero attached hydrogens (tertiary/aromatic N) is 3. The maximum Gasteiger partial charge on any atom is 0.0352 e. The van der Waals surface area contributed by atoms with E-state index in [2.05, 4.69) is 21.8 Å². The number of likely N-dealkylation sites (tertiary alicyclic amines) is 2. The Balaban J connectivity index is 2.02. The molecule has 2 saturated heterocycles. The van der Waals surface area contributed by atoms with Crippen molar-refractivity contribution in [3.8, 4) is 0 Å². The van der Waals surface area contributed by atoms with E-state index in [-0.39, 0.29) is 0 Å². The summed E-state index contributed by atoms with van der Waals surface area (Å²) < 4.78 is 0. The second kappa shape index (κ2) is 3.99. The van der Waals surface area contributed by atoms with Gasteiger partial charge in [-0.25, -0.2) is 0 Å². The fraction of sp³-hybridized carbons (Fsp3) is 0.909. The minimum atomic E-state index is 0.496. The second-order valence-corrected chi connectivity index (χ2v) is 4.70. The Bertz CT molecular complexity index is 227. The first-order valence-electron chi connectivity index (χ1n) is 5.61. The van der Waals surface area contributed by atoms with E-state index in [1.807, 2.05) is 13.3 Å². The molecule has 1 unspecified atom stereocenters. The maximum atomic E-state index is 4.09. The van der Waals surface area contributed by atoms with Gasteiger partial charge in [0.1, 0.15) is 0 Å². The third-order valence-electron chi connectivity index (χ3n) is 3.75. The molecule has 1 spiro atoms. The van der Waals surface area contributed by atoms with Crippen LogP contribution in [0.25, 0.3) is 0 Å². The van der Waals surface area contributed by atoms with Gasteiger partial charge in [-0.3, -0.25) is 9.89 Å². The number of rotatable bonds is 2. The van der Waals surface area contributed by atoms with Crippen LogP contribution >= 0.6 is 0 Å². The van der Waals surface area contributed by atoms with Gasteiger partial charge in [0.2, 0.25) is 0 Å². The molecule has 0 N–H and O–H groups in total. The monoisotopic (exact) mass is 195 g/mol. The highest BCUT2D eigenvalue weighted by Crippen LogP contribution is 2.36. The highest BCUT2D eigenvalue weighted by molar-refractivity contribution is 5.59. The summed E-state index contributed by atoms with van der Waals surface area (Å²) in [4.78, 5) is 9.18. The summed E-state index contributed by atoms with van der Waals surface area (Å²) in [5.74, 6) is 0. The van der Waals surface area contributed by atoms with Gasteiger partial charge in [0.25, 0.3) is 0 Å². The van der Waals surface area contributed by atoms with Crippen LogP contribution < -0.4 is 0 Å². The van der Waals surface area contributed by atoms with E-state index in [1.54, 1.807) is 0 Å². The summed E-state index contributed by atoms with van der Waals surface area (Å²) in [5, 5.41) is 0. The van der Waals surface area contributed by atoms with E-state index in [0.29, 0.717) is 5.54 Å². The van der Waals surface area contributed by atoms with E-state index < -0.39 is 0 Å². The molecule has 2 rings (SSSR count). The normalized spacial score (nSPS) is 35.3. The molecule has 2 heterocycles. The minimum absolute atomic E-state index is 0.496. The average molecular weight is 195 g/mol. The van der Waals surface area contributed by atoms with E-state index in [1.165, 1.54) is 38.9 Å². The average Bonchev–Trinajstić information content (AvgIpc) is 2.72. The van der Waals surface area contributed by atoms with E-state index in [9.17, 15) is 0 Å². The zero-order valence-corrected chi connectivity index (χ0v) is 9.37. The Labute approximate surface area is 86.8 Å². The summed E-state index contributed by atoms with van der Waals surface area (Å²) in [7, 11) is 4.10. The van der Waals surface area contributed by atoms with Gasteiger partial charge in [0.15, 0.2) is 0 Å². The summed E-state index contributed by atoms with van der Waals surface area (Å²) >= 11 is 0. The first kappa shape index (κ1) is 10.1. The zero-order valence-electron chi connectivity index (χ0n) is 9.37. The number of aliphatic imine (C=N–C) groups is 1. The summed E-state index contributed by atoms with van der Waals surface area (Å²) in [6.07, 6.45) is 6.15. The highest BCUT2D eigenvalue weighted by Gasteiger charge is 2.44. The Morgan fingerprint density at radius 3 is 2.86 bits per heavy atom. The van der Waals surface area contributed by atoms with Crippen molar-refractivity contribution in [3.63, 3.8) is 0 Å². The molecule has 0 bridgehead atoms. The van der Waals surface area contributed by atoms with Crippen molar-refractivity contribution in [3.05, 3.63) is 0 Å². The van der Waals surface area contributed by atoms with Gasteiger partial charge in [-0.2, -0.15) is 0 Å². The van der Waals surface area contributed by atoms with Crippen molar-refractivity contribution in [2.75, 3.05) is 40.3 Å². The van der Waals surface area contributed by atoms with Gasteiger partial charge in [-0.1, -0.05) is 0 Å². The predicted molar refractivity (Wildman–Crippen MR) is 60.1 cm³/mol. The lowest BCUT2D eigenvalue weighted by atomic mass is 9.95. The van der Waals surface area contributed by atoms with E-state index in [4.69, 9.17) is 0 Å². The molecule has 80 valence electrons. The molecule has 1 atom stereocenters. The molecule has 0 aliphatic carbocycles. The van der Waals surface area contributed by atoms with Gasteiger partial charge in [-0.15, -0.1) is 0 Å². The Hall–Kier alpha value is -0.410. The van der Waals surface area contributed by atoms with Crippen molar-refractivity contribution in [1.29, 1.82) is 0 Å². The predicted octanol–water partition coefficient (Wildman–Crippen LogP) is 0.857. The second-order valence-electron chi connectivity index (χ2n) is 4.70. The highest BCUT2D eigenvalue weighted by atomic mass is 15.3. The fourth-order valence-corrected chi connectivity index (χ4v) is 2.98. The molecular weight excluding hydrogens is 174 g/mol. The standard InChI is InChI=1S/C11H21N3/c1-12-6-9-14-7-3-4-11(14)5-8-13(2)10-11/h6H,3-5,7-10H2,1-2H3. The largest absolute Gasteiger partial charge is 0.304 e. The molecule has 14 heavy (non-hydrogen) atoms. The van der Waals surface area contributed by atoms with Crippen LogP contribution in [0.3, 0.4) is 0 Å². The van der Waals surface area contributed by atoms with Crippen LogP contribution in [-0.2, 0) is 0 Å². The Morgan fingerprint density at radius 2 is 2.21 bits per heavy atom. The van der Waals surface area contributed by atoms with Crippen molar-refractivity contribution in [2.45, 2.75) is 24.8 Å². The SMILES string of the molecule is CN=CCN1CCCC12CCN(C)C2. The molecule has 0 aromatic heterocycles. The Kier molecular flexibility index (Phi) is 2.88. The lowest BCUT2D eigenvalue weighted by Crippen LogP contribution is -2.46. The van der Waals surface area contributed by atoms with Crippen molar-refractivity contribution >= 4 is 6.21 Å². The van der Waals surface area contributed by atoms with Crippen molar-refractivity contribution in [2.24, 2.45) is 4.99 Å². The smallest absolute Gasteiger partial charge is 0.0352 e. The van der Waals surface area contributed by atoms with Gasteiger partial charge in [0, 0.05) is 31.9 Å². The number of hydrogen-bond donors (Lipinski definition) is 0. The lowest BCUT2D eigenvalue weighted by molar-refractivity contribution is 0.167. The molecule has 0 saturated carbocycles. The van der Waals surface area contributed by atoms with Crippen molar-refractivity contribution in [1.82, 2.24) is 9.80 Å². The molecule has 0 amide bonds. The Morgan fingerprint density at radius 1 is 1.36 bits per heavy atom. The lowest BCUT2D eigenvalue weighted by Gasteiger charge is -2.34. The fourth-order valence-electron chi connectivity index (χ4n) is 2.98. The third kappa shape index (κ3) is 1.71. The van der Waals surface area contributed by atoms with Gasteiger partial charge < -0.3 is 4.90 Å². The van der Waals surface area contributed by atoms with Crippen LogP contribution in [0.5, 0.6) is 0 Å². The topological polar surface area (TPSA) is 18.8 Å². The van der Waals surface area contributed by atoms with E-state index in [0.717, 1.165) is 6.54 Å². The van der Waals surface area contributed by atoms with Gasteiger partial charge in [-0.05, 0) is 39.4 Å². The first-order chi connectivity index (χ1) is 6.77. The van der Waals surface area contributed by atoms with Crippen molar-refractivity contribution < 1.29 is 0 Å². The van der Waals surface area contributed by atoms with Gasteiger partial charge >= 0.3 is 0 Å². The van der Waals surface area contributed by atoms with Crippen LogP contribution in [0.1, 0.15) is 19.3 Å². The molecule has 2 aliphatic rings. The van der Waals surface area contributed by atoms with Crippen LogP contribution in [0.4, 0.5) is 0 Å². The summed E-state index contributed by atoms with van der Waals surface area (Å²) in [6, 6.07) is 0.